The van der Waals surface area contributed by atoms with E-state index in [1.165, 1.54) is 0 Å². The summed E-state index contributed by atoms with van der Waals surface area (Å²) in [6.45, 7) is 6.84. The molecule has 1 N–H and O–H groups in total. The predicted octanol–water partition coefficient (Wildman–Crippen LogP) is 2.31. The summed E-state index contributed by atoms with van der Waals surface area (Å²) in [5.74, 6) is 0.567. The van der Waals surface area contributed by atoms with Crippen LogP contribution in [0, 0.1) is 6.92 Å². The highest BCUT2D eigenvalue weighted by molar-refractivity contribution is 5.72. The molecule has 0 saturated heterocycles. The van der Waals surface area contributed by atoms with Gasteiger partial charge in [0.15, 0.2) is 11.5 Å². The van der Waals surface area contributed by atoms with Crippen molar-refractivity contribution in [3.63, 3.8) is 0 Å². The number of ether oxygens (including phenoxy) is 2. The first-order chi connectivity index (χ1) is 9.46. The van der Waals surface area contributed by atoms with E-state index in [1.54, 1.807) is 21.1 Å². The summed E-state index contributed by atoms with van der Waals surface area (Å²) >= 11 is 0. The van der Waals surface area contributed by atoms with Crippen LogP contribution in [0.4, 0.5) is 0 Å². The monoisotopic (exact) mass is 281 g/mol. The molecule has 0 bridgehead atoms. The summed E-state index contributed by atoms with van der Waals surface area (Å²) in [6.07, 6.45) is 0. The maximum Gasteiger partial charge on any atom is 0.320 e. The number of hydrogen-bond acceptors (Lipinski definition) is 4. The van der Waals surface area contributed by atoms with Gasteiger partial charge in [-0.1, -0.05) is 13.0 Å². The van der Waals surface area contributed by atoms with Gasteiger partial charge in [-0.3, -0.25) is 9.69 Å². The summed E-state index contributed by atoms with van der Waals surface area (Å²) in [5.41, 5.74) is 2.01. The Balaban J connectivity index is 3.05. The number of methoxy groups -OCH3 is 2. The molecule has 0 saturated carbocycles. The molecule has 1 unspecified atom stereocenters. The maximum absolute atomic E-state index is 11.1. The van der Waals surface area contributed by atoms with Crippen LogP contribution < -0.4 is 9.47 Å². The summed E-state index contributed by atoms with van der Waals surface area (Å²) in [7, 11) is 3.20. The van der Waals surface area contributed by atoms with Gasteiger partial charge in [-0.2, -0.15) is 0 Å². The standard InChI is InChI=1S/C15H23NO4/c1-6-16(11(3)15(17)18)9-12-7-8-13(19-4)14(20-5)10(12)2/h7-8,11H,6,9H2,1-5H3,(H,17,18). The number of aliphatic carboxylic acids is 1. The third-order valence-corrected chi connectivity index (χ3v) is 3.59. The second-order valence-corrected chi connectivity index (χ2v) is 4.66. The average molecular weight is 281 g/mol. The second-order valence-electron chi connectivity index (χ2n) is 4.66. The molecule has 0 spiro atoms. The van der Waals surface area contributed by atoms with Crippen LogP contribution in [0.5, 0.6) is 11.5 Å². The van der Waals surface area contributed by atoms with Crippen molar-refractivity contribution in [1.29, 1.82) is 0 Å². The zero-order valence-electron chi connectivity index (χ0n) is 12.8. The van der Waals surface area contributed by atoms with Crippen molar-refractivity contribution < 1.29 is 19.4 Å². The molecule has 20 heavy (non-hydrogen) atoms. The molecule has 1 atom stereocenters. The van der Waals surface area contributed by atoms with E-state index in [2.05, 4.69) is 0 Å². The van der Waals surface area contributed by atoms with Crippen molar-refractivity contribution in [3.05, 3.63) is 23.3 Å². The fourth-order valence-corrected chi connectivity index (χ4v) is 2.19. The van der Waals surface area contributed by atoms with Gasteiger partial charge >= 0.3 is 5.97 Å². The van der Waals surface area contributed by atoms with Crippen LogP contribution in [0.2, 0.25) is 0 Å². The van der Waals surface area contributed by atoms with Gasteiger partial charge in [0.1, 0.15) is 6.04 Å². The van der Waals surface area contributed by atoms with Gasteiger partial charge in [-0.15, -0.1) is 0 Å². The van der Waals surface area contributed by atoms with Crippen molar-refractivity contribution in [2.24, 2.45) is 0 Å². The second kappa shape index (κ2) is 7.14. The zero-order chi connectivity index (χ0) is 15.3. The van der Waals surface area contributed by atoms with E-state index < -0.39 is 12.0 Å². The third-order valence-electron chi connectivity index (χ3n) is 3.59. The number of nitrogens with zero attached hydrogens (tertiary/aromatic N) is 1. The number of carboxylic acid groups (broad SMARTS) is 1. The number of hydrogen-bond donors (Lipinski definition) is 1. The fraction of sp³-hybridized carbons (Fsp3) is 0.533. The molecule has 0 aromatic heterocycles. The molecular weight excluding hydrogens is 258 g/mol. The minimum absolute atomic E-state index is 0.521. The van der Waals surface area contributed by atoms with Crippen molar-refractivity contribution in [2.45, 2.75) is 33.4 Å². The van der Waals surface area contributed by atoms with Crippen LogP contribution in [0.3, 0.4) is 0 Å². The molecule has 0 aliphatic carbocycles. The number of carboxylic acids is 1. The molecule has 1 rings (SSSR count). The van der Waals surface area contributed by atoms with E-state index in [-0.39, 0.29) is 0 Å². The lowest BCUT2D eigenvalue weighted by molar-refractivity contribution is -0.142. The molecule has 0 aliphatic rings. The minimum Gasteiger partial charge on any atom is -0.493 e. The highest BCUT2D eigenvalue weighted by atomic mass is 16.5. The molecule has 0 radical (unpaired) electrons. The van der Waals surface area contributed by atoms with Gasteiger partial charge < -0.3 is 14.6 Å². The Morgan fingerprint density at radius 1 is 1.35 bits per heavy atom. The Kier molecular flexibility index (Phi) is 5.82. The van der Waals surface area contributed by atoms with E-state index in [0.717, 1.165) is 11.1 Å². The Labute approximate surface area is 120 Å². The summed E-state index contributed by atoms with van der Waals surface area (Å²) < 4.78 is 10.6. The van der Waals surface area contributed by atoms with Crippen LogP contribution >= 0.6 is 0 Å². The van der Waals surface area contributed by atoms with Gasteiger partial charge in [0.05, 0.1) is 14.2 Å². The molecule has 5 nitrogen and oxygen atoms in total. The first-order valence-electron chi connectivity index (χ1n) is 6.63. The minimum atomic E-state index is -0.815. The zero-order valence-corrected chi connectivity index (χ0v) is 12.8. The summed E-state index contributed by atoms with van der Waals surface area (Å²) in [5, 5.41) is 9.13. The number of carbonyl (C=O) groups is 1. The lowest BCUT2D eigenvalue weighted by atomic mass is 10.1. The third kappa shape index (κ3) is 3.42. The van der Waals surface area contributed by atoms with Crippen LogP contribution in [-0.2, 0) is 11.3 Å². The van der Waals surface area contributed by atoms with E-state index >= 15 is 0 Å². The van der Waals surface area contributed by atoms with E-state index in [9.17, 15) is 4.79 Å². The maximum atomic E-state index is 11.1. The van der Waals surface area contributed by atoms with Crippen LogP contribution in [0.1, 0.15) is 25.0 Å². The van der Waals surface area contributed by atoms with Gasteiger partial charge in [0.25, 0.3) is 0 Å². The SMILES string of the molecule is CCN(Cc1ccc(OC)c(OC)c1C)C(C)C(=O)O. The fourth-order valence-electron chi connectivity index (χ4n) is 2.19. The highest BCUT2D eigenvalue weighted by Gasteiger charge is 2.21. The molecule has 0 amide bonds. The topological polar surface area (TPSA) is 59.0 Å². The molecule has 0 heterocycles. The number of benzene rings is 1. The number of rotatable bonds is 7. The summed E-state index contributed by atoms with van der Waals surface area (Å²) in [6, 6.07) is 3.28. The Morgan fingerprint density at radius 2 is 2.00 bits per heavy atom. The molecule has 112 valence electrons. The van der Waals surface area contributed by atoms with Crippen molar-refractivity contribution in [1.82, 2.24) is 4.90 Å². The lowest BCUT2D eigenvalue weighted by Crippen LogP contribution is -2.38. The van der Waals surface area contributed by atoms with E-state index in [0.29, 0.717) is 24.6 Å². The molecule has 5 heteroatoms. The molecule has 0 aliphatic heterocycles. The quantitative estimate of drug-likeness (QED) is 0.831. The smallest absolute Gasteiger partial charge is 0.320 e. The highest BCUT2D eigenvalue weighted by Crippen LogP contribution is 2.33. The predicted molar refractivity (Wildman–Crippen MR) is 77.5 cm³/mol. The lowest BCUT2D eigenvalue weighted by Gasteiger charge is -2.26. The van der Waals surface area contributed by atoms with Crippen molar-refractivity contribution >= 4 is 5.97 Å². The first kappa shape index (κ1) is 16.3. The first-order valence-corrected chi connectivity index (χ1v) is 6.63. The van der Waals surface area contributed by atoms with Gasteiger partial charge in [0, 0.05) is 6.54 Å². The molecule has 1 aromatic carbocycles. The molecule has 1 aromatic rings. The molecular formula is C15H23NO4. The Bertz CT molecular complexity index is 473. The van der Waals surface area contributed by atoms with E-state index in [1.807, 2.05) is 30.9 Å². The largest absolute Gasteiger partial charge is 0.493 e. The van der Waals surface area contributed by atoms with Crippen molar-refractivity contribution in [3.8, 4) is 11.5 Å². The van der Waals surface area contributed by atoms with Crippen LogP contribution in [0.25, 0.3) is 0 Å². The van der Waals surface area contributed by atoms with Gasteiger partial charge in [0.2, 0.25) is 0 Å². The Hall–Kier alpha value is -1.75. The van der Waals surface area contributed by atoms with Crippen LogP contribution in [-0.4, -0.2) is 42.8 Å². The molecule has 0 fully saturated rings. The summed E-state index contributed by atoms with van der Waals surface area (Å²) in [4.78, 5) is 13.0. The average Bonchev–Trinajstić information content (AvgIpc) is 2.44. The number of likely N-dealkylation sites (N-methyl/N-ethyl adjacent to an activating group) is 1. The van der Waals surface area contributed by atoms with E-state index in [4.69, 9.17) is 14.6 Å². The van der Waals surface area contributed by atoms with Crippen molar-refractivity contribution in [2.75, 3.05) is 20.8 Å². The van der Waals surface area contributed by atoms with Gasteiger partial charge in [-0.25, -0.2) is 0 Å². The normalized spacial score (nSPS) is 12.3. The van der Waals surface area contributed by atoms with Gasteiger partial charge in [-0.05, 0) is 37.6 Å². The van der Waals surface area contributed by atoms with Crippen LogP contribution in [0.15, 0.2) is 12.1 Å². The Morgan fingerprint density at radius 3 is 2.45 bits per heavy atom.